The lowest BCUT2D eigenvalue weighted by Crippen LogP contribution is -2.32. The smallest absolute Gasteiger partial charge is 0.380 e. The van der Waals surface area contributed by atoms with Crippen molar-refractivity contribution in [1.82, 2.24) is 85.5 Å². The molecule has 103 heavy (non-hydrogen) atoms. The van der Waals surface area contributed by atoms with E-state index in [1.54, 1.807) is 31.1 Å². The zero-order valence-corrected chi connectivity index (χ0v) is 55.5. The van der Waals surface area contributed by atoms with E-state index in [-0.39, 0.29) is 0 Å². The zero-order valence-electron chi connectivity index (χ0n) is 57.7. The maximum Gasteiger partial charge on any atom is 0.385 e. The highest BCUT2D eigenvalue weighted by molar-refractivity contribution is 7.20. The Kier molecular flexibility index (Phi) is 11.5. The zero-order chi connectivity index (χ0) is 70.2. The third kappa shape index (κ3) is 8.35. The first-order chi connectivity index (χ1) is 52.1. The van der Waals surface area contributed by atoms with E-state index in [4.69, 9.17) is 8.53 Å². The molecule has 25 heterocycles. The summed E-state index contributed by atoms with van der Waals surface area (Å²) < 4.78 is 57.7. The lowest BCUT2D eigenvalue weighted by Gasteiger charge is -2.03. The van der Waals surface area contributed by atoms with Crippen molar-refractivity contribution in [3.63, 3.8) is 0 Å². The van der Waals surface area contributed by atoms with Crippen molar-refractivity contribution >= 4 is 94.0 Å². The molecule has 490 valence electrons. The molecule has 20 aromatic heterocycles. The van der Waals surface area contributed by atoms with Crippen LogP contribution in [0.2, 0.25) is 0 Å². The van der Waals surface area contributed by atoms with Crippen LogP contribution in [-0.2, 0) is 46.7 Å². The van der Waals surface area contributed by atoms with Crippen LogP contribution in [0.15, 0.2) is 250 Å². The first-order valence-corrected chi connectivity index (χ1v) is 34.4. The second kappa shape index (κ2) is 21.8. The highest BCUT2D eigenvalue weighted by atomic mass is 32.1. The highest BCUT2D eigenvalue weighted by Gasteiger charge is 2.40. The number of fused-ring (bicyclic) bond motifs is 35. The Morgan fingerprint density at radius 2 is 0.864 bits per heavy atom. The van der Waals surface area contributed by atoms with Gasteiger partial charge in [0.15, 0.2) is 34.5 Å². The molecule has 24 nitrogen and oxygen atoms in total. The lowest BCUT2D eigenvalue weighted by molar-refractivity contribution is -0.649. The first-order valence-electron chi connectivity index (χ1n) is 35.1. The number of hydrogen-bond donors (Lipinski definition) is 0. The van der Waals surface area contributed by atoms with Crippen LogP contribution in [0.4, 0.5) is 0 Å². The van der Waals surface area contributed by atoms with Crippen LogP contribution >= 0.6 is 11.3 Å². The molecule has 5 aliphatic heterocycles. The molecule has 0 atom stereocenters. The minimum absolute atomic E-state index is 0.569. The number of nitrogens with zero attached hydrogens (tertiary/aromatic N) is 23. The van der Waals surface area contributed by atoms with E-state index >= 15 is 0 Å². The van der Waals surface area contributed by atoms with E-state index in [9.17, 15) is 0 Å². The summed E-state index contributed by atoms with van der Waals surface area (Å²) in [4.78, 5) is 44.6. The van der Waals surface area contributed by atoms with Crippen molar-refractivity contribution in [3.8, 4) is 61.9 Å². The van der Waals surface area contributed by atoms with E-state index in [1.165, 1.54) is 81.8 Å². The van der Waals surface area contributed by atoms with Crippen molar-refractivity contribution < 1.29 is 31.4 Å². The molecule has 0 saturated carbocycles. The van der Waals surface area contributed by atoms with Crippen LogP contribution in [0, 0.1) is 0 Å². The highest BCUT2D eigenvalue weighted by Crippen LogP contribution is 2.39. The van der Waals surface area contributed by atoms with Gasteiger partial charge in [-0.05, 0) is 96.3 Å². The van der Waals surface area contributed by atoms with Gasteiger partial charge in [0.1, 0.15) is 71.5 Å². The second-order valence-corrected chi connectivity index (χ2v) is 26.8. The summed E-state index contributed by atoms with van der Waals surface area (Å²) >= 11 is 1.81. The number of aromatic nitrogens is 23. The monoisotopic (exact) mass is 1370 g/mol. The molecular formula is C78H56N23OS+5. The fraction of sp³-hybridized carbons (Fsp3) is 0.0897. The third-order valence-electron chi connectivity index (χ3n) is 20.4. The normalized spacial score (nSPS) is 13.5. The van der Waals surface area contributed by atoms with Gasteiger partial charge in [0, 0.05) is 73.7 Å². The molecule has 0 bridgehead atoms. The minimum Gasteiger partial charge on any atom is -0.380 e. The maximum atomic E-state index is 7.99. The summed E-state index contributed by atoms with van der Waals surface area (Å²) in [5.74, 6) is 3.98. The molecule has 0 radical (unpaired) electrons. The Bertz CT molecular complexity index is 7090. The summed E-state index contributed by atoms with van der Waals surface area (Å²) in [6.07, 6.45) is 33.2. The van der Waals surface area contributed by atoms with Gasteiger partial charge in [0.25, 0.3) is 33.2 Å². The Morgan fingerprint density at radius 1 is 0.398 bits per heavy atom. The third-order valence-corrected chi connectivity index (χ3v) is 21.6. The van der Waals surface area contributed by atoms with Gasteiger partial charge in [0.05, 0.1) is 124 Å². The van der Waals surface area contributed by atoms with Gasteiger partial charge in [-0.3, -0.25) is 57.8 Å². The molecule has 0 fully saturated rings. The number of para-hydroxylation sites is 1. The van der Waals surface area contributed by atoms with E-state index < -0.39 is 6.98 Å². The number of rotatable bonds is 1. The van der Waals surface area contributed by atoms with E-state index in [2.05, 4.69) is 170 Å². The lowest BCUT2D eigenvalue weighted by atomic mass is 10.2. The number of imidazole rings is 3. The van der Waals surface area contributed by atoms with E-state index in [0.29, 0.717) is 17.9 Å². The minimum atomic E-state index is -2.27. The number of aryl methyl sites for hydroxylation is 2. The summed E-state index contributed by atoms with van der Waals surface area (Å²) in [5, 5.41) is 1.30. The molecule has 0 saturated heterocycles. The van der Waals surface area contributed by atoms with Crippen molar-refractivity contribution in [2.24, 2.45) is 14.0 Å². The van der Waals surface area contributed by atoms with E-state index in [0.717, 1.165) is 111 Å². The number of pyridine rings is 5. The number of oxazole rings is 1. The van der Waals surface area contributed by atoms with Crippen LogP contribution < -0.4 is 22.8 Å². The van der Waals surface area contributed by atoms with Crippen molar-refractivity contribution in [1.29, 1.82) is 0 Å². The molecular weight excluding hydrogens is 1310 g/mol. The average Bonchev–Trinajstić information content (AvgIpc) is 1.55. The molecule has 1 aromatic carbocycles. The predicted octanol–water partition coefficient (Wildman–Crippen LogP) is 10.1. The summed E-state index contributed by atoms with van der Waals surface area (Å²) in [5.41, 5.74) is 27.1. The topological polar surface area (TPSA) is 198 Å². The Balaban J connectivity index is 0.0000000830. The van der Waals surface area contributed by atoms with Crippen LogP contribution in [-0.4, -0.2) is 85.5 Å². The number of benzene rings is 1. The Hall–Kier alpha value is -13.8. The summed E-state index contributed by atoms with van der Waals surface area (Å²) in [6.45, 7) is 1.56. The quantitative estimate of drug-likeness (QED) is 0.142. The molecule has 25 heteroatoms. The average molecular weight is 1370 g/mol. The first kappa shape index (κ1) is 54.1. The van der Waals surface area contributed by atoms with Crippen LogP contribution in [0.25, 0.3) is 145 Å². The molecule has 21 aromatic rings. The van der Waals surface area contributed by atoms with Crippen LogP contribution in [0.5, 0.6) is 0 Å². The largest absolute Gasteiger partial charge is 0.385 e. The molecule has 0 unspecified atom stereocenters. The molecule has 0 amide bonds. The van der Waals surface area contributed by atoms with Crippen LogP contribution in [0.3, 0.4) is 0 Å². The number of thiazole rings is 1. The Labute approximate surface area is 590 Å². The van der Waals surface area contributed by atoms with Gasteiger partial charge in [0.2, 0.25) is 23.0 Å². The summed E-state index contributed by atoms with van der Waals surface area (Å²) in [7, 11) is 2.11. The molecule has 0 N–H and O–H groups in total. The standard InChI is InChI=1S/C20H14N5.2C15H12N5.C14H9N4O.C14H9N4S/c1-2-5-14(6-3-1)25-18-11-15-12-21-9-10-23(15)20(18)24-13-17-16(19(24)25)7-4-8-22-17;2*1-18-13-7-10-8-16-5-6-19(10)15(13)20-9-12-11(14(18)20)3-2-4-17-12;2*1-2-10-11(16-4-1)7-17-12-6-9-3-5-15-8-18(9)14(12)19-13(10)17/h1-12H,13H2;2*2-8H,9H2,1H3;2*1-6,8H,7H2/q5*+1/i;1D3;;;. The van der Waals surface area contributed by atoms with E-state index in [1.807, 2.05) is 166 Å². The molecule has 26 rings (SSSR count). The molecule has 0 spiro atoms. The molecule has 5 aliphatic rings. The van der Waals surface area contributed by atoms with Crippen molar-refractivity contribution in [2.75, 3.05) is 0 Å². The number of hydrogen-bond acceptors (Lipinski definition) is 12. The van der Waals surface area contributed by atoms with Crippen LogP contribution in [0.1, 0.15) is 32.6 Å². The van der Waals surface area contributed by atoms with Crippen molar-refractivity contribution in [3.05, 3.63) is 274 Å². The van der Waals surface area contributed by atoms with Gasteiger partial charge >= 0.3 is 5.89 Å². The van der Waals surface area contributed by atoms with Gasteiger partial charge in [-0.15, -0.1) is 4.57 Å². The van der Waals surface area contributed by atoms with Gasteiger partial charge in [-0.2, -0.15) is 4.57 Å². The fourth-order valence-electron chi connectivity index (χ4n) is 15.9. The van der Waals surface area contributed by atoms with Gasteiger partial charge in [-0.25, -0.2) is 41.4 Å². The molecule has 0 aliphatic carbocycles. The summed E-state index contributed by atoms with van der Waals surface area (Å²) in [6, 6.07) is 45.4. The maximum absolute atomic E-state index is 7.99. The van der Waals surface area contributed by atoms with Gasteiger partial charge < -0.3 is 4.42 Å². The Morgan fingerprint density at radius 3 is 1.47 bits per heavy atom. The fourth-order valence-corrected chi connectivity index (χ4v) is 17.2. The SMILES string of the molecule is Cn1c2[n+](c3c1cc1cnccn13)Cc1ncccc1-2.[2H]C([2H])([2H])n1c2[n+](c3c1cc1cnccn13)Cc1ncccc1-2.c1ccc(-n2c3[n+](c4c2cc2cnccn24)Cc2ncccc2-3)cc1.c1cnc2c(c1)-c1oc3c(cc4ccncn43)[n+]1C2.c1cnc2c(c1)-c1sc3c(cc4ccncn43)[n+]1C2. The van der Waals surface area contributed by atoms with Gasteiger partial charge in [-0.1, -0.05) is 18.2 Å². The predicted molar refractivity (Wildman–Crippen MR) is 384 cm³/mol. The second-order valence-electron chi connectivity index (χ2n) is 25.9. The van der Waals surface area contributed by atoms with Crippen molar-refractivity contribution in [2.45, 2.75) is 32.7 Å².